The van der Waals surface area contributed by atoms with Gasteiger partial charge < -0.3 is 14.9 Å². The summed E-state index contributed by atoms with van der Waals surface area (Å²) in [6, 6.07) is 0. The Morgan fingerprint density at radius 2 is 1.73 bits per heavy atom. The number of carboxylic acid groups (broad SMARTS) is 1. The maximum atomic E-state index is 12.9. The van der Waals surface area contributed by atoms with Crippen molar-refractivity contribution in [2.24, 2.45) is 23.7 Å². The van der Waals surface area contributed by atoms with E-state index in [1.807, 2.05) is 58.1 Å². The molecule has 1 aliphatic rings. The van der Waals surface area contributed by atoms with E-state index in [0.717, 1.165) is 23.6 Å². The van der Waals surface area contributed by atoms with Gasteiger partial charge in [-0.05, 0) is 51.5 Å². The number of esters is 1. The fourth-order valence-electron chi connectivity index (χ4n) is 4.46. The van der Waals surface area contributed by atoms with Crippen LogP contribution in [-0.2, 0) is 19.1 Å². The molecule has 204 valence electrons. The Labute approximate surface area is 222 Å². The van der Waals surface area contributed by atoms with E-state index in [2.05, 4.69) is 19.1 Å². The summed E-state index contributed by atoms with van der Waals surface area (Å²) >= 11 is 0. The van der Waals surface area contributed by atoms with Gasteiger partial charge in [0, 0.05) is 30.4 Å². The van der Waals surface area contributed by atoms with Crippen molar-refractivity contribution >= 4 is 17.7 Å². The zero-order valence-corrected chi connectivity index (χ0v) is 23.3. The number of carboxylic acids is 1. The first-order valence-corrected chi connectivity index (χ1v) is 13.0. The molecule has 2 N–H and O–H groups in total. The van der Waals surface area contributed by atoms with E-state index in [0.29, 0.717) is 24.3 Å². The van der Waals surface area contributed by atoms with Gasteiger partial charge in [0.1, 0.15) is 11.9 Å². The van der Waals surface area contributed by atoms with Crippen molar-refractivity contribution in [2.45, 2.75) is 79.9 Å². The van der Waals surface area contributed by atoms with Crippen molar-refractivity contribution in [1.29, 1.82) is 0 Å². The predicted molar refractivity (Wildman–Crippen MR) is 148 cm³/mol. The minimum Gasteiger partial charge on any atom is -0.478 e. The number of carbonyl (C=O) groups is 3. The number of cyclic esters (lactones) is 1. The molecule has 0 aliphatic carbocycles. The van der Waals surface area contributed by atoms with Crippen molar-refractivity contribution in [3.8, 4) is 0 Å². The Morgan fingerprint density at radius 3 is 2.35 bits per heavy atom. The molecule has 6 heteroatoms. The van der Waals surface area contributed by atoms with Crippen molar-refractivity contribution in [2.75, 3.05) is 0 Å². The largest absolute Gasteiger partial charge is 0.478 e. The number of Topliss-reactive ketones (excluding diaryl/α,β-unsaturated/α-hetero) is 1. The van der Waals surface area contributed by atoms with Gasteiger partial charge in [0.15, 0.2) is 0 Å². The molecule has 0 aromatic heterocycles. The van der Waals surface area contributed by atoms with Gasteiger partial charge in [-0.25, -0.2) is 9.59 Å². The van der Waals surface area contributed by atoms with Crippen molar-refractivity contribution in [1.82, 2.24) is 0 Å². The van der Waals surface area contributed by atoms with E-state index in [1.165, 1.54) is 6.08 Å². The standard InChI is InChI=1S/C31H44O6/c1-20(16-22(3)14-15-27-12-9-13-29(34)37-27)10-8-11-21(2)17-24(5)30(35)26(7)31(36)25(6)18-23(4)19-28(32)33/h8-9,11,13-17,19-20,24-27,31,36H,10,12,18H2,1-7H3,(H,32,33)/b11-8+,15-14+,21-17+,22-16-,23-19+/t20-,24+,25+,26+,27-,31-/m1/s1. The van der Waals surface area contributed by atoms with Crippen LogP contribution >= 0.6 is 0 Å². The SMILES string of the molecule is CC(=C/[C@H](C)C/C=C/C(C)=C/[C@H](C)C(=O)[C@H](C)[C@H](O)[C@@H](C)C/C(C)=C/C(=O)O)/C=C/[C@H]1CC=CC(=O)O1. The summed E-state index contributed by atoms with van der Waals surface area (Å²) in [5, 5.41) is 19.5. The van der Waals surface area contributed by atoms with Crippen molar-refractivity contribution in [3.05, 3.63) is 71.4 Å². The fourth-order valence-corrected chi connectivity index (χ4v) is 4.46. The highest BCUT2D eigenvalue weighted by Crippen LogP contribution is 2.24. The number of aliphatic carboxylic acids is 1. The number of aliphatic hydroxyl groups is 1. The average molecular weight is 513 g/mol. The number of hydrogen-bond acceptors (Lipinski definition) is 5. The summed E-state index contributed by atoms with van der Waals surface area (Å²) in [7, 11) is 0. The molecule has 0 fully saturated rings. The molecule has 37 heavy (non-hydrogen) atoms. The topological polar surface area (TPSA) is 101 Å². The minimum atomic E-state index is -1.01. The molecule has 0 spiro atoms. The molecular weight excluding hydrogens is 468 g/mol. The van der Waals surface area contributed by atoms with Gasteiger partial charge in [-0.1, -0.05) is 80.9 Å². The number of carbonyl (C=O) groups excluding carboxylic acids is 2. The normalized spacial score (nSPS) is 21.6. The quantitative estimate of drug-likeness (QED) is 0.164. The average Bonchev–Trinajstić information content (AvgIpc) is 2.80. The Bertz CT molecular complexity index is 978. The van der Waals surface area contributed by atoms with Crippen LogP contribution < -0.4 is 0 Å². The summed E-state index contributed by atoms with van der Waals surface area (Å²) in [6.07, 6.45) is 17.4. The van der Waals surface area contributed by atoms with Gasteiger partial charge in [0.05, 0.1) is 6.10 Å². The minimum absolute atomic E-state index is 0.0372. The third-order valence-corrected chi connectivity index (χ3v) is 6.42. The first-order chi connectivity index (χ1) is 17.3. The molecule has 1 aliphatic heterocycles. The van der Waals surface area contributed by atoms with E-state index in [4.69, 9.17) is 9.84 Å². The van der Waals surface area contributed by atoms with Crippen LogP contribution in [0.3, 0.4) is 0 Å². The molecule has 0 saturated heterocycles. The molecule has 0 aromatic carbocycles. The number of ketones is 1. The third-order valence-electron chi connectivity index (χ3n) is 6.42. The fraction of sp³-hybridized carbons (Fsp3) is 0.516. The van der Waals surface area contributed by atoms with Crippen LogP contribution in [0, 0.1) is 23.7 Å². The van der Waals surface area contributed by atoms with Crippen LogP contribution in [0.25, 0.3) is 0 Å². The molecular formula is C31H44O6. The van der Waals surface area contributed by atoms with Gasteiger partial charge in [-0.3, -0.25) is 4.79 Å². The number of aliphatic hydroxyl groups excluding tert-OH is 1. The van der Waals surface area contributed by atoms with Crippen molar-refractivity contribution in [3.63, 3.8) is 0 Å². The molecule has 0 radical (unpaired) electrons. The smallest absolute Gasteiger partial charge is 0.331 e. The first kappa shape index (κ1) is 32.0. The summed E-state index contributed by atoms with van der Waals surface area (Å²) in [5.74, 6) is -2.16. The number of hydrogen-bond donors (Lipinski definition) is 2. The molecule has 0 unspecified atom stereocenters. The van der Waals surface area contributed by atoms with Gasteiger partial charge in [0.2, 0.25) is 0 Å². The number of rotatable bonds is 14. The molecule has 1 heterocycles. The monoisotopic (exact) mass is 512 g/mol. The van der Waals surface area contributed by atoms with E-state index in [9.17, 15) is 19.5 Å². The molecule has 0 aromatic rings. The van der Waals surface area contributed by atoms with E-state index >= 15 is 0 Å². The molecule has 1 rings (SSSR count). The van der Waals surface area contributed by atoms with E-state index in [-0.39, 0.29) is 29.7 Å². The van der Waals surface area contributed by atoms with Gasteiger partial charge in [-0.15, -0.1) is 0 Å². The summed E-state index contributed by atoms with van der Waals surface area (Å²) in [4.78, 5) is 35.0. The highest BCUT2D eigenvalue weighted by Gasteiger charge is 2.29. The molecule has 6 nitrogen and oxygen atoms in total. The lowest BCUT2D eigenvalue weighted by Crippen LogP contribution is -2.34. The molecule has 6 atom stereocenters. The maximum absolute atomic E-state index is 12.9. The highest BCUT2D eigenvalue weighted by atomic mass is 16.5. The molecule has 0 amide bonds. The summed E-state index contributed by atoms with van der Waals surface area (Å²) in [5.41, 5.74) is 2.75. The zero-order valence-electron chi connectivity index (χ0n) is 23.3. The highest BCUT2D eigenvalue weighted by molar-refractivity contribution is 5.85. The van der Waals surface area contributed by atoms with Crippen LogP contribution in [0.4, 0.5) is 0 Å². The van der Waals surface area contributed by atoms with Crippen LogP contribution in [0.2, 0.25) is 0 Å². The van der Waals surface area contributed by atoms with Gasteiger partial charge in [0.25, 0.3) is 0 Å². The van der Waals surface area contributed by atoms with Crippen molar-refractivity contribution < 1.29 is 29.3 Å². The lowest BCUT2D eigenvalue weighted by atomic mass is 9.83. The van der Waals surface area contributed by atoms with Gasteiger partial charge >= 0.3 is 11.9 Å². The Hall–Kier alpha value is -2.99. The Morgan fingerprint density at radius 1 is 1.08 bits per heavy atom. The lowest BCUT2D eigenvalue weighted by molar-refractivity contribution is -0.141. The second-order valence-corrected chi connectivity index (χ2v) is 10.4. The van der Waals surface area contributed by atoms with E-state index < -0.39 is 18.0 Å². The van der Waals surface area contributed by atoms with E-state index in [1.54, 1.807) is 13.8 Å². The molecule has 0 bridgehead atoms. The second kappa shape index (κ2) is 16.0. The van der Waals surface area contributed by atoms with Crippen LogP contribution in [0.15, 0.2) is 71.4 Å². The second-order valence-electron chi connectivity index (χ2n) is 10.4. The number of allylic oxidation sites excluding steroid dienone is 8. The number of ether oxygens (including phenoxy) is 1. The lowest BCUT2D eigenvalue weighted by Gasteiger charge is -2.25. The van der Waals surface area contributed by atoms with Crippen LogP contribution in [0.5, 0.6) is 0 Å². The summed E-state index contributed by atoms with van der Waals surface area (Å²) < 4.78 is 5.23. The first-order valence-electron chi connectivity index (χ1n) is 13.0. The Kier molecular flexibility index (Phi) is 13.8. The molecule has 0 saturated carbocycles. The summed E-state index contributed by atoms with van der Waals surface area (Å²) in [6.45, 7) is 13.2. The maximum Gasteiger partial charge on any atom is 0.331 e. The van der Waals surface area contributed by atoms with Gasteiger partial charge in [-0.2, -0.15) is 0 Å². The Balaban J connectivity index is 2.60. The van der Waals surface area contributed by atoms with Crippen LogP contribution in [0.1, 0.15) is 67.7 Å². The van der Waals surface area contributed by atoms with Crippen LogP contribution in [-0.4, -0.2) is 40.1 Å². The predicted octanol–water partition coefficient (Wildman–Crippen LogP) is 6.15. The third kappa shape index (κ3) is 12.7. The zero-order chi connectivity index (χ0) is 28.1.